The number of para-hydroxylation sites is 3. The van der Waals surface area contributed by atoms with Crippen LogP contribution in [-0.4, -0.2) is 50.0 Å². The maximum absolute atomic E-state index is 5.60. The smallest absolute Gasteiger partial charge is 0.145 e. The third kappa shape index (κ3) is 5.59. The zero-order valence-corrected chi connectivity index (χ0v) is 31.5. The summed E-state index contributed by atoms with van der Waals surface area (Å²) in [5.74, 6) is 4.59. The lowest BCUT2D eigenvalue weighted by Crippen LogP contribution is -2.00. The number of nitrogens with zero attached hydrogens (tertiary/aromatic N) is 6. The van der Waals surface area contributed by atoms with Crippen molar-refractivity contribution in [3.05, 3.63) is 164 Å². The minimum absolute atomic E-state index is 0.764. The van der Waals surface area contributed by atoms with Crippen molar-refractivity contribution in [3.63, 3.8) is 0 Å². The molecule has 9 nitrogen and oxygen atoms in total. The lowest BCUT2D eigenvalue weighted by Gasteiger charge is -2.12. The molecule has 0 saturated carbocycles. The van der Waals surface area contributed by atoms with Crippen LogP contribution in [0.2, 0.25) is 0 Å². The standard InChI is InChI=1S/C48H36N6O3/c1-55-37-25-19-31(20-26-37)46-49-40-43(52(46)34-13-7-4-8-14-34)41-45(54(36-17-11-6-12-18-36)47(50-41)32-21-27-38(56-2)28-22-32)42-44(40)53(35-15-9-5-10-16-35)48(51-42)33-23-29-39(57-3)30-24-33/h4-30H,1-3H3. The number of imidazole rings is 3. The van der Waals surface area contributed by atoms with Crippen molar-refractivity contribution in [2.45, 2.75) is 0 Å². The van der Waals surface area contributed by atoms with Gasteiger partial charge < -0.3 is 14.2 Å². The van der Waals surface area contributed by atoms with Gasteiger partial charge in [-0.2, -0.15) is 0 Å². The lowest BCUT2D eigenvalue weighted by atomic mass is 10.1. The third-order valence-corrected chi connectivity index (χ3v) is 10.4. The highest BCUT2D eigenvalue weighted by Crippen LogP contribution is 2.44. The van der Waals surface area contributed by atoms with E-state index in [0.717, 1.165) is 102 Å². The number of methoxy groups -OCH3 is 3. The summed E-state index contributed by atoms with van der Waals surface area (Å²) in [5, 5.41) is 0. The van der Waals surface area contributed by atoms with Crippen molar-refractivity contribution >= 4 is 33.1 Å². The Kier molecular flexibility index (Phi) is 8.26. The zero-order chi connectivity index (χ0) is 38.5. The normalized spacial score (nSPS) is 11.4. The Balaban J connectivity index is 1.46. The molecule has 0 spiro atoms. The quantitative estimate of drug-likeness (QED) is 0.146. The van der Waals surface area contributed by atoms with Crippen molar-refractivity contribution in [3.8, 4) is 68.5 Å². The van der Waals surface area contributed by atoms with E-state index in [1.54, 1.807) is 21.3 Å². The summed E-state index contributed by atoms with van der Waals surface area (Å²) in [6.45, 7) is 0. The topological polar surface area (TPSA) is 81.2 Å². The Morgan fingerprint density at radius 2 is 0.561 bits per heavy atom. The molecule has 3 aromatic heterocycles. The first-order valence-corrected chi connectivity index (χ1v) is 18.6. The molecule has 0 aliphatic carbocycles. The Morgan fingerprint density at radius 3 is 0.789 bits per heavy atom. The van der Waals surface area contributed by atoms with Gasteiger partial charge in [0.05, 0.1) is 21.3 Å². The molecule has 0 amide bonds. The summed E-state index contributed by atoms with van der Waals surface area (Å²) in [7, 11) is 5.03. The summed E-state index contributed by atoms with van der Waals surface area (Å²) in [6, 6.07) is 55.2. The highest BCUT2D eigenvalue weighted by atomic mass is 16.5. The fourth-order valence-electron chi connectivity index (χ4n) is 7.70. The molecule has 10 aromatic rings. The van der Waals surface area contributed by atoms with Gasteiger partial charge in [0.1, 0.15) is 67.8 Å². The fourth-order valence-corrected chi connectivity index (χ4v) is 7.70. The van der Waals surface area contributed by atoms with Crippen LogP contribution in [0, 0.1) is 0 Å². The average Bonchev–Trinajstić information content (AvgIpc) is 4.00. The lowest BCUT2D eigenvalue weighted by molar-refractivity contribution is 0.414. The Bertz CT molecular complexity index is 2660. The summed E-state index contributed by atoms with van der Waals surface area (Å²) in [6.07, 6.45) is 0. The molecular formula is C48H36N6O3. The van der Waals surface area contributed by atoms with Crippen LogP contribution in [-0.2, 0) is 0 Å². The van der Waals surface area contributed by atoms with Gasteiger partial charge in [0.25, 0.3) is 0 Å². The molecule has 276 valence electrons. The summed E-state index contributed by atoms with van der Waals surface area (Å²) >= 11 is 0. The molecule has 3 heterocycles. The first-order chi connectivity index (χ1) is 28.1. The van der Waals surface area contributed by atoms with E-state index >= 15 is 0 Å². The van der Waals surface area contributed by atoms with E-state index < -0.39 is 0 Å². The molecule has 0 bridgehead atoms. The number of aromatic nitrogens is 6. The van der Waals surface area contributed by atoms with Gasteiger partial charge in [-0.3, -0.25) is 13.7 Å². The number of hydrogen-bond donors (Lipinski definition) is 0. The second kappa shape index (κ2) is 13.9. The van der Waals surface area contributed by atoms with Crippen LogP contribution < -0.4 is 14.2 Å². The fraction of sp³-hybridized carbons (Fsp3) is 0.0625. The van der Waals surface area contributed by atoms with E-state index in [1.807, 2.05) is 54.6 Å². The van der Waals surface area contributed by atoms with Crippen LogP contribution in [0.5, 0.6) is 17.2 Å². The molecule has 9 heteroatoms. The van der Waals surface area contributed by atoms with Crippen molar-refractivity contribution in [2.24, 2.45) is 0 Å². The number of hydrogen-bond acceptors (Lipinski definition) is 6. The van der Waals surface area contributed by atoms with Crippen LogP contribution in [0.4, 0.5) is 0 Å². The minimum Gasteiger partial charge on any atom is -0.497 e. The summed E-state index contributed by atoms with van der Waals surface area (Å²) in [4.78, 5) is 16.8. The van der Waals surface area contributed by atoms with E-state index in [0.29, 0.717) is 0 Å². The Labute approximate surface area is 328 Å². The first-order valence-electron chi connectivity index (χ1n) is 18.6. The molecule has 57 heavy (non-hydrogen) atoms. The van der Waals surface area contributed by atoms with Gasteiger partial charge in [0, 0.05) is 33.8 Å². The van der Waals surface area contributed by atoms with Gasteiger partial charge in [-0.25, -0.2) is 15.0 Å². The van der Waals surface area contributed by atoms with Gasteiger partial charge in [0.2, 0.25) is 0 Å². The van der Waals surface area contributed by atoms with Crippen LogP contribution >= 0.6 is 0 Å². The first kappa shape index (κ1) is 33.9. The van der Waals surface area contributed by atoms with Crippen LogP contribution in [0.1, 0.15) is 0 Å². The van der Waals surface area contributed by atoms with E-state index in [-0.39, 0.29) is 0 Å². The Hall–Kier alpha value is -7.65. The Morgan fingerprint density at radius 1 is 0.316 bits per heavy atom. The van der Waals surface area contributed by atoms with E-state index in [2.05, 4.69) is 123 Å². The summed E-state index contributed by atoms with van der Waals surface area (Å²) in [5.41, 5.74) is 10.5. The second-order valence-corrected chi connectivity index (χ2v) is 13.6. The van der Waals surface area contributed by atoms with Crippen LogP contribution in [0.15, 0.2) is 164 Å². The zero-order valence-electron chi connectivity index (χ0n) is 31.5. The molecule has 10 rings (SSSR count). The maximum Gasteiger partial charge on any atom is 0.145 e. The van der Waals surface area contributed by atoms with Gasteiger partial charge >= 0.3 is 0 Å². The van der Waals surface area contributed by atoms with Crippen molar-refractivity contribution < 1.29 is 14.2 Å². The molecule has 0 saturated heterocycles. The van der Waals surface area contributed by atoms with Gasteiger partial charge in [0.15, 0.2) is 0 Å². The molecule has 0 fully saturated rings. The van der Waals surface area contributed by atoms with Crippen molar-refractivity contribution in [2.75, 3.05) is 21.3 Å². The SMILES string of the molecule is COc1ccc(-c2nc3c(c4nc(-c5ccc(OC)cc5)n(-c5ccccc5)c4c4nc(-c5ccc(OC)cc5)n(-c5ccccc5)c34)n2-c2ccccc2)cc1. The largest absolute Gasteiger partial charge is 0.497 e. The van der Waals surface area contributed by atoms with Gasteiger partial charge in [-0.05, 0) is 109 Å². The molecule has 0 unspecified atom stereocenters. The predicted molar refractivity (Wildman–Crippen MR) is 226 cm³/mol. The molecular weight excluding hydrogens is 709 g/mol. The highest BCUT2D eigenvalue weighted by molar-refractivity contribution is 6.22. The predicted octanol–water partition coefficient (Wildman–Crippen LogP) is 10.7. The third-order valence-electron chi connectivity index (χ3n) is 10.4. The molecule has 7 aromatic carbocycles. The molecule has 0 aliphatic rings. The average molecular weight is 745 g/mol. The van der Waals surface area contributed by atoms with E-state index in [9.17, 15) is 0 Å². The van der Waals surface area contributed by atoms with E-state index in [4.69, 9.17) is 29.2 Å². The van der Waals surface area contributed by atoms with E-state index in [1.165, 1.54) is 0 Å². The monoisotopic (exact) mass is 744 g/mol. The van der Waals surface area contributed by atoms with Crippen LogP contribution in [0.3, 0.4) is 0 Å². The maximum atomic E-state index is 5.60. The molecule has 0 atom stereocenters. The minimum atomic E-state index is 0.764. The van der Waals surface area contributed by atoms with Crippen LogP contribution in [0.25, 0.3) is 84.3 Å². The van der Waals surface area contributed by atoms with Crippen molar-refractivity contribution in [1.82, 2.24) is 28.7 Å². The van der Waals surface area contributed by atoms with Gasteiger partial charge in [-0.15, -0.1) is 0 Å². The molecule has 0 radical (unpaired) electrons. The summed E-state index contributed by atoms with van der Waals surface area (Å²) < 4.78 is 23.4. The number of fused-ring (bicyclic) bond motifs is 6. The number of rotatable bonds is 9. The van der Waals surface area contributed by atoms with Crippen molar-refractivity contribution in [1.29, 1.82) is 0 Å². The highest BCUT2D eigenvalue weighted by Gasteiger charge is 2.30. The molecule has 0 aliphatic heterocycles. The molecule has 0 N–H and O–H groups in total. The van der Waals surface area contributed by atoms with Gasteiger partial charge in [-0.1, -0.05) is 54.6 Å². The second-order valence-electron chi connectivity index (χ2n) is 13.6. The number of benzene rings is 7. The number of ether oxygens (including phenoxy) is 3.